The fraction of sp³-hybridized carbons (Fsp3) is 0.562. The van der Waals surface area contributed by atoms with Gasteiger partial charge >= 0.3 is 5.97 Å². The first-order chi connectivity index (χ1) is 9.50. The van der Waals surface area contributed by atoms with E-state index >= 15 is 0 Å². The lowest BCUT2D eigenvalue weighted by molar-refractivity contribution is -0.146. The molecular formula is C16H24O4. The quantitative estimate of drug-likeness (QED) is 0.542. The minimum Gasteiger partial charge on any atom is -0.492 e. The molecule has 4 nitrogen and oxygen atoms in total. The number of aryl methyl sites for hydroxylation is 2. The van der Waals surface area contributed by atoms with Crippen molar-refractivity contribution in [1.82, 2.24) is 0 Å². The standard InChI is InChI=1S/C16H24O4/c1-12(2)18-10-11-19-15(17)8-9-20-16-13(3)6-5-7-14(16)4/h5-7,12H,8-11H2,1-4H3. The van der Waals surface area contributed by atoms with Gasteiger partial charge in [0.1, 0.15) is 12.4 Å². The average Bonchev–Trinajstić information content (AvgIpc) is 2.38. The van der Waals surface area contributed by atoms with E-state index in [2.05, 4.69) is 0 Å². The Morgan fingerprint density at radius 1 is 1.10 bits per heavy atom. The van der Waals surface area contributed by atoms with Gasteiger partial charge < -0.3 is 14.2 Å². The Hall–Kier alpha value is -1.55. The lowest BCUT2D eigenvalue weighted by atomic mass is 10.1. The summed E-state index contributed by atoms with van der Waals surface area (Å²) in [4.78, 5) is 11.5. The summed E-state index contributed by atoms with van der Waals surface area (Å²) in [7, 11) is 0. The van der Waals surface area contributed by atoms with Gasteiger partial charge in [-0.2, -0.15) is 0 Å². The van der Waals surface area contributed by atoms with E-state index in [9.17, 15) is 4.79 Å². The van der Waals surface area contributed by atoms with Crippen molar-refractivity contribution in [2.75, 3.05) is 19.8 Å². The van der Waals surface area contributed by atoms with Gasteiger partial charge in [-0.3, -0.25) is 4.79 Å². The van der Waals surface area contributed by atoms with E-state index in [1.807, 2.05) is 45.9 Å². The van der Waals surface area contributed by atoms with E-state index in [0.717, 1.165) is 16.9 Å². The fourth-order valence-corrected chi connectivity index (χ4v) is 1.77. The Bertz CT molecular complexity index is 406. The smallest absolute Gasteiger partial charge is 0.309 e. The minimum atomic E-state index is -0.261. The fourth-order valence-electron chi connectivity index (χ4n) is 1.77. The number of hydrogen-bond donors (Lipinski definition) is 0. The molecule has 4 heteroatoms. The van der Waals surface area contributed by atoms with Gasteiger partial charge in [0.05, 0.1) is 25.7 Å². The maximum absolute atomic E-state index is 11.5. The minimum absolute atomic E-state index is 0.154. The third kappa shape index (κ3) is 6.06. The number of benzene rings is 1. The predicted molar refractivity (Wildman–Crippen MR) is 78.1 cm³/mol. The molecule has 0 N–H and O–H groups in total. The largest absolute Gasteiger partial charge is 0.492 e. The summed E-state index contributed by atoms with van der Waals surface area (Å²) in [5.41, 5.74) is 2.15. The summed E-state index contributed by atoms with van der Waals surface area (Å²) < 4.78 is 16.0. The molecule has 112 valence electrons. The van der Waals surface area contributed by atoms with Gasteiger partial charge in [-0.1, -0.05) is 18.2 Å². The summed E-state index contributed by atoms with van der Waals surface area (Å²) in [6.45, 7) is 8.92. The number of hydrogen-bond acceptors (Lipinski definition) is 4. The SMILES string of the molecule is Cc1cccc(C)c1OCCC(=O)OCCOC(C)C. The van der Waals surface area contributed by atoms with Crippen LogP contribution in [0.4, 0.5) is 0 Å². The van der Waals surface area contributed by atoms with Crippen molar-refractivity contribution in [1.29, 1.82) is 0 Å². The molecule has 0 aliphatic rings. The topological polar surface area (TPSA) is 44.8 Å². The van der Waals surface area contributed by atoms with Gasteiger partial charge in [-0.15, -0.1) is 0 Å². The normalized spacial score (nSPS) is 10.7. The molecule has 1 aromatic rings. The van der Waals surface area contributed by atoms with Crippen molar-refractivity contribution in [2.45, 2.75) is 40.2 Å². The monoisotopic (exact) mass is 280 g/mol. The first-order valence-electron chi connectivity index (χ1n) is 6.97. The van der Waals surface area contributed by atoms with Gasteiger partial charge in [0.2, 0.25) is 0 Å². The molecule has 1 rings (SSSR count). The highest BCUT2D eigenvalue weighted by atomic mass is 16.6. The zero-order valence-corrected chi connectivity index (χ0v) is 12.8. The van der Waals surface area contributed by atoms with Crippen molar-refractivity contribution in [3.05, 3.63) is 29.3 Å². The highest BCUT2D eigenvalue weighted by molar-refractivity contribution is 5.69. The first kappa shape index (κ1) is 16.5. The van der Waals surface area contributed by atoms with Crippen LogP contribution in [-0.4, -0.2) is 31.9 Å². The van der Waals surface area contributed by atoms with E-state index in [1.54, 1.807) is 0 Å². The van der Waals surface area contributed by atoms with E-state index in [-0.39, 0.29) is 18.5 Å². The molecular weight excluding hydrogens is 256 g/mol. The van der Waals surface area contributed by atoms with Crippen LogP contribution in [0.3, 0.4) is 0 Å². The lowest BCUT2D eigenvalue weighted by Gasteiger charge is -2.12. The first-order valence-corrected chi connectivity index (χ1v) is 6.97. The number of para-hydroxylation sites is 1. The second kappa shape index (κ2) is 8.59. The molecule has 0 saturated carbocycles. The van der Waals surface area contributed by atoms with E-state index in [1.165, 1.54) is 0 Å². The van der Waals surface area contributed by atoms with Crippen molar-refractivity contribution in [2.24, 2.45) is 0 Å². The number of carbonyl (C=O) groups excluding carboxylic acids is 1. The molecule has 1 aromatic carbocycles. The van der Waals surface area contributed by atoms with Crippen LogP contribution in [0.5, 0.6) is 5.75 Å². The molecule has 0 bridgehead atoms. The number of ether oxygens (including phenoxy) is 3. The van der Waals surface area contributed by atoms with E-state index < -0.39 is 0 Å². The van der Waals surface area contributed by atoms with Crippen molar-refractivity contribution < 1.29 is 19.0 Å². The van der Waals surface area contributed by atoms with Crippen LogP contribution in [0.15, 0.2) is 18.2 Å². The number of rotatable bonds is 8. The van der Waals surface area contributed by atoms with E-state index in [4.69, 9.17) is 14.2 Å². The lowest BCUT2D eigenvalue weighted by Crippen LogP contribution is -2.15. The second-order valence-electron chi connectivity index (χ2n) is 4.96. The van der Waals surface area contributed by atoms with Gasteiger partial charge in [0, 0.05) is 0 Å². The van der Waals surface area contributed by atoms with Crippen LogP contribution >= 0.6 is 0 Å². The molecule has 0 spiro atoms. The molecule has 0 heterocycles. The maximum atomic E-state index is 11.5. The van der Waals surface area contributed by atoms with Crippen molar-refractivity contribution in [3.63, 3.8) is 0 Å². The zero-order chi connectivity index (χ0) is 15.0. The molecule has 0 aliphatic heterocycles. The molecule has 0 amide bonds. The molecule has 0 fully saturated rings. The van der Waals surface area contributed by atoms with Crippen LogP contribution in [0.25, 0.3) is 0 Å². The Morgan fingerprint density at radius 3 is 2.35 bits per heavy atom. The third-order valence-electron chi connectivity index (χ3n) is 2.76. The maximum Gasteiger partial charge on any atom is 0.309 e. The molecule has 0 atom stereocenters. The molecule has 0 unspecified atom stereocenters. The van der Waals surface area contributed by atoms with Crippen molar-refractivity contribution in [3.8, 4) is 5.75 Å². The van der Waals surface area contributed by atoms with Gasteiger partial charge in [-0.05, 0) is 38.8 Å². The summed E-state index contributed by atoms with van der Waals surface area (Å²) >= 11 is 0. The van der Waals surface area contributed by atoms with Crippen LogP contribution in [0.2, 0.25) is 0 Å². The molecule has 0 aromatic heterocycles. The van der Waals surface area contributed by atoms with E-state index in [0.29, 0.717) is 19.8 Å². The highest BCUT2D eigenvalue weighted by Crippen LogP contribution is 2.22. The average molecular weight is 280 g/mol. The summed E-state index contributed by atoms with van der Waals surface area (Å²) in [6, 6.07) is 5.97. The van der Waals surface area contributed by atoms with Crippen LogP contribution in [-0.2, 0) is 14.3 Å². The number of esters is 1. The van der Waals surface area contributed by atoms with Crippen LogP contribution in [0.1, 0.15) is 31.4 Å². The molecule has 20 heavy (non-hydrogen) atoms. The Kier molecular flexibility index (Phi) is 7.09. The zero-order valence-electron chi connectivity index (χ0n) is 12.8. The number of carbonyl (C=O) groups is 1. The third-order valence-corrected chi connectivity index (χ3v) is 2.76. The van der Waals surface area contributed by atoms with Gasteiger partial charge in [0.25, 0.3) is 0 Å². The summed E-state index contributed by atoms with van der Waals surface area (Å²) in [5.74, 6) is 0.590. The predicted octanol–water partition coefficient (Wildman–Crippen LogP) is 3.04. The Morgan fingerprint density at radius 2 is 1.75 bits per heavy atom. The Labute approximate surface area is 121 Å². The highest BCUT2D eigenvalue weighted by Gasteiger charge is 2.06. The summed E-state index contributed by atoms with van der Waals surface area (Å²) in [6.07, 6.45) is 0.399. The van der Waals surface area contributed by atoms with Gasteiger partial charge in [0.15, 0.2) is 0 Å². The van der Waals surface area contributed by atoms with Crippen LogP contribution in [0, 0.1) is 13.8 Å². The Balaban J connectivity index is 2.22. The molecule has 0 saturated heterocycles. The van der Waals surface area contributed by atoms with Gasteiger partial charge in [-0.25, -0.2) is 0 Å². The van der Waals surface area contributed by atoms with Crippen molar-refractivity contribution >= 4 is 5.97 Å². The molecule has 0 aliphatic carbocycles. The molecule has 0 radical (unpaired) electrons. The second-order valence-corrected chi connectivity index (χ2v) is 4.96. The summed E-state index contributed by atoms with van der Waals surface area (Å²) in [5, 5.41) is 0. The van der Waals surface area contributed by atoms with Crippen LogP contribution < -0.4 is 4.74 Å².